The van der Waals surface area contributed by atoms with E-state index >= 15 is 0 Å². The molecule has 5 heteroatoms. The van der Waals surface area contributed by atoms with E-state index in [-0.39, 0.29) is 18.4 Å². The fourth-order valence-electron chi connectivity index (χ4n) is 2.54. The lowest BCUT2D eigenvalue weighted by Crippen LogP contribution is -2.39. The van der Waals surface area contributed by atoms with Crippen molar-refractivity contribution >= 4 is 17.5 Å². The summed E-state index contributed by atoms with van der Waals surface area (Å²) in [4.78, 5) is 26.0. The van der Waals surface area contributed by atoms with Gasteiger partial charge in [-0.2, -0.15) is 0 Å². The van der Waals surface area contributed by atoms with Gasteiger partial charge in [0.05, 0.1) is 6.54 Å². The predicted molar refractivity (Wildman–Crippen MR) is 88.0 cm³/mol. The molecule has 0 bridgehead atoms. The molecule has 1 aromatic carbocycles. The Hall–Kier alpha value is -2.04. The Morgan fingerprint density at radius 2 is 1.95 bits per heavy atom. The van der Waals surface area contributed by atoms with Crippen LogP contribution in [0.15, 0.2) is 24.3 Å². The van der Waals surface area contributed by atoms with Gasteiger partial charge in [-0.15, -0.1) is 0 Å². The minimum absolute atomic E-state index is 0.0761. The first kappa shape index (κ1) is 16.3. The van der Waals surface area contributed by atoms with Crippen LogP contribution in [0, 0.1) is 0 Å². The van der Waals surface area contributed by atoms with E-state index in [2.05, 4.69) is 10.6 Å². The predicted octanol–water partition coefficient (Wildman–Crippen LogP) is 2.25. The van der Waals surface area contributed by atoms with Crippen LogP contribution < -0.4 is 10.6 Å². The summed E-state index contributed by atoms with van der Waals surface area (Å²) >= 11 is 0. The molecule has 1 aromatic rings. The van der Waals surface area contributed by atoms with Gasteiger partial charge in [0, 0.05) is 30.9 Å². The molecule has 0 atom stereocenters. The molecule has 0 radical (unpaired) electrons. The zero-order chi connectivity index (χ0) is 15.8. The van der Waals surface area contributed by atoms with Gasteiger partial charge in [-0.1, -0.05) is 13.0 Å². The molecule has 1 heterocycles. The van der Waals surface area contributed by atoms with Gasteiger partial charge in [0.15, 0.2) is 0 Å². The zero-order valence-corrected chi connectivity index (χ0v) is 13.2. The quantitative estimate of drug-likeness (QED) is 0.847. The Morgan fingerprint density at radius 1 is 1.18 bits per heavy atom. The van der Waals surface area contributed by atoms with Crippen LogP contribution in [0.2, 0.25) is 0 Å². The normalized spacial score (nSPS) is 14.5. The maximum Gasteiger partial charge on any atom is 0.251 e. The first-order chi connectivity index (χ1) is 10.7. The molecule has 5 nitrogen and oxygen atoms in total. The van der Waals surface area contributed by atoms with Gasteiger partial charge in [0.25, 0.3) is 5.91 Å². The van der Waals surface area contributed by atoms with Crippen LogP contribution in [0.5, 0.6) is 0 Å². The second kappa shape index (κ2) is 8.41. The van der Waals surface area contributed by atoms with Crippen LogP contribution in [0.25, 0.3) is 0 Å². The highest BCUT2D eigenvalue weighted by Crippen LogP contribution is 2.12. The van der Waals surface area contributed by atoms with Gasteiger partial charge in [-0.05, 0) is 43.9 Å². The van der Waals surface area contributed by atoms with E-state index in [0.29, 0.717) is 12.1 Å². The van der Waals surface area contributed by atoms with Crippen molar-refractivity contribution in [3.05, 3.63) is 29.8 Å². The summed E-state index contributed by atoms with van der Waals surface area (Å²) < 4.78 is 0. The first-order valence-corrected chi connectivity index (χ1v) is 8.10. The SMILES string of the molecule is CCCNC(=O)c1cccc(NCC(=O)N2CCCCC2)c1. The Kier molecular flexibility index (Phi) is 6.25. The van der Waals surface area contributed by atoms with Gasteiger partial charge in [-0.3, -0.25) is 9.59 Å². The Morgan fingerprint density at radius 3 is 2.68 bits per heavy atom. The third kappa shape index (κ3) is 4.76. The maximum atomic E-state index is 12.1. The van der Waals surface area contributed by atoms with Crippen LogP contribution in [0.3, 0.4) is 0 Å². The van der Waals surface area contributed by atoms with Crippen molar-refractivity contribution in [1.29, 1.82) is 0 Å². The lowest BCUT2D eigenvalue weighted by atomic mass is 10.1. The minimum Gasteiger partial charge on any atom is -0.376 e. The maximum absolute atomic E-state index is 12.1. The number of anilines is 1. The van der Waals surface area contributed by atoms with Gasteiger partial charge >= 0.3 is 0 Å². The number of hydrogen-bond acceptors (Lipinski definition) is 3. The number of amides is 2. The monoisotopic (exact) mass is 303 g/mol. The van der Waals surface area contributed by atoms with Crippen molar-refractivity contribution in [2.45, 2.75) is 32.6 Å². The summed E-state index contributed by atoms with van der Waals surface area (Å²) in [5.74, 6) is 0.0494. The molecule has 1 saturated heterocycles. The summed E-state index contributed by atoms with van der Waals surface area (Å²) in [5, 5.41) is 5.97. The number of carbonyl (C=O) groups excluding carboxylic acids is 2. The summed E-state index contributed by atoms with van der Waals surface area (Å²) in [6, 6.07) is 7.27. The van der Waals surface area contributed by atoms with Crippen LogP contribution >= 0.6 is 0 Å². The Balaban J connectivity index is 1.87. The highest BCUT2D eigenvalue weighted by Gasteiger charge is 2.16. The lowest BCUT2D eigenvalue weighted by Gasteiger charge is -2.26. The summed E-state index contributed by atoms with van der Waals surface area (Å²) in [6.45, 7) is 4.69. The fraction of sp³-hybridized carbons (Fsp3) is 0.529. The van der Waals surface area contributed by atoms with Gasteiger partial charge in [0.1, 0.15) is 0 Å². The molecule has 0 aromatic heterocycles. The smallest absolute Gasteiger partial charge is 0.251 e. The molecule has 0 aliphatic carbocycles. The van der Waals surface area contributed by atoms with Gasteiger partial charge in [-0.25, -0.2) is 0 Å². The number of rotatable bonds is 6. The van der Waals surface area contributed by atoms with Crippen LogP contribution in [-0.4, -0.2) is 42.9 Å². The number of nitrogens with zero attached hydrogens (tertiary/aromatic N) is 1. The number of benzene rings is 1. The standard InChI is InChI=1S/C17H25N3O2/c1-2-9-18-17(22)14-7-6-8-15(12-14)19-13-16(21)20-10-4-3-5-11-20/h6-8,12,19H,2-5,9-11,13H2,1H3,(H,18,22). The van der Waals surface area contributed by atoms with E-state index in [1.165, 1.54) is 6.42 Å². The highest BCUT2D eigenvalue weighted by atomic mass is 16.2. The second-order valence-electron chi connectivity index (χ2n) is 5.63. The van der Waals surface area contributed by atoms with Gasteiger partial charge < -0.3 is 15.5 Å². The van der Waals surface area contributed by atoms with Crippen LogP contribution in [-0.2, 0) is 4.79 Å². The second-order valence-corrected chi connectivity index (χ2v) is 5.63. The van der Waals surface area contributed by atoms with Crippen molar-refractivity contribution in [2.24, 2.45) is 0 Å². The molecule has 1 aliphatic rings. The molecule has 0 spiro atoms. The van der Waals surface area contributed by atoms with E-state index in [1.54, 1.807) is 12.1 Å². The fourth-order valence-corrected chi connectivity index (χ4v) is 2.54. The first-order valence-electron chi connectivity index (χ1n) is 8.10. The summed E-state index contributed by atoms with van der Waals surface area (Å²) in [7, 11) is 0. The van der Waals surface area contributed by atoms with Crippen LogP contribution in [0.4, 0.5) is 5.69 Å². The number of likely N-dealkylation sites (tertiary alicyclic amines) is 1. The average molecular weight is 303 g/mol. The lowest BCUT2D eigenvalue weighted by molar-refractivity contribution is -0.130. The molecule has 2 N–H and O–H groups in total. The number of nitrogens with one attached hydrogen (secondary N) is 2. The molecule has 120 valence electrons. The van der Waals surface area contributed by atoms with E-state index in [1.807, 2.05) is 24.0 Å². The van der Waals surface area contributed by atoms with Crippen molar-refractivity contribution in [2.75, 3.05) is 31.5 Å². The van der Waals surface area contributed by atoms with E-state index in [0.717, 1.165) is 38.0 Å². The highest BCUT2D eigenvalue weighted by molar-refractivity contribution is 5.95. The zero-order valence-electron chi connectivity index (χ0n) is 13.2. The van der Waals surface area contributed by atoms with Crippen molar-refractivity contribution in [3.63, 3.8) is 0 Å². The molecule has 1 aliphatic heterocycles. The molecular formula is C17H25N3O2. The van der Waals surface area contributed by atoms with Crippen molar-refractivity contribution in [1.82, 2.24) is 10.2 Å². The minimum atomic E-state index is -0.0761. The third-order valence-electron chi connectivity index (χ3n) is 3.81. The molecule has 0 saturated carbocycles. The number of piperidine rings is 1. The van der Waals surface area contributed by atoms with E-state index in [9.17, 15) is 9.59 Å². The Labute approximate surface area is 132 Å². The molecule has 1 fully saturated rings. The molecule has 0 unspecified atom stereocenters. The molecule has 22 heavy (non-hydrogen) atoms. The number of hydrogen-bond donors (Lipinski definition) is 2. The third-order valence-corrected chi connectivity index (χ3v) is 3.81. The summed E-state index contributed by atoms with van der Waals surface area (Å²) in [6.07, 6.45) is 4.32. The van der Waals surface area contributed by atoms with Crippen LogP contribution in [0.1, 0.15) is 43.0 Å². The summed E-state index contributed by atoms with van der Waals surface area (Å²) in [5.41, 5.74) is 1.42. The number of carbonyl (C=O) groups is 2. The van der Waals surface area contributed by atoms with Crippen molar-refractivity contribution < 1.29 is 9.59 Å². The van der Waals surface area contributed by atoms with E-state index in [4.69, 9.17) is 0 Å². The molecule has 2 amide bonds. The average Bonchev–Trinajstić information content (AvgIpc) is 2.58. The largest absolute Gasteiger partial charge is 0.376 e. The molecular weight excluding hydrogens is 278 g/mol. The topological polar surface area (TPSA) is 61.4 Å². The molecule has 2 rings (SSSR count). The van der Waals surface area contributed by atoms with Gasteiger partial charge in [0.2, 0.25) is 5.91 Å². The Bertz CT molecular complexity index is 510. The van der Waals surface area contributed by atoms with E-state index < -0.39 is 0 Å². The van der Waals surface area contributed by atoms with Crippen molar-refractivity contribution in [3.8, 4) is 0 Å².